The van der Waals surface area contributed by atoms with E-state index in [1.54, 1.807) is 7.05 Å². The van der Waals surface area contributed by atoms with Crippen LogP contribution in [0.25, 0.3) is 11.4 Å². The van der Waals surface area contributed by atoms with Crippen molar-refractivity contribution in [1.29, 1.82) is 0 Å². The first kappa shape index (κ1) is 8.68. The molecule has 0 aliphatic heterocycles. The first-order chi connectivity index (χ1) is 6.66. The molecule has 0 atom stereocenters. The quantitative estimate of drug-likeness (QED) is 0.672. The number of hydrogen-bond acceptors (Lipinski definition) is 4. The fraction of sp³-hybridized carbons (Fsp3) is 0.222. The van der Waals surface area contributed by atoms with Crippen LogP contribution in [0, 0.1) is 6.92 Å². The first-order valence-electron chi connectivity index (χ1n) is 4.27. The van der Waals surface area contributed by atoms with Crippen LogP contribution in [-0.4, -0.2) is 20.2 Å². The van der Waals surface area contributed by atoms with Gasteiger partial charge in [-0.2, -0.15) is 4.80 Å². The smallest absolute Gasteiger partial charge is 0.204 e. The summed E-state index contributed by atoms with van der Waals surface area (Å²) in [6, 6.07) is 5.73. The Morgan fingerprint density at radius 2 is 2.14 bits per heavy atom. The fourth-order valence-corrected chi connectivity index (χ4v) is 1.18. The van der Waals surface area contributed by atoms with Crippen molar-refractivity contribution in [2.75, 3.05) is 5.73 Å². The molecule has 2 aromatic rings. The molecule has 0 saturated carbocycles. The maximum atomic E-state index is 5.78. The maximum Gasteiger partial charge on any atom is 0.204 e. The van der Waals surface area contributed by atoms with Crippen molar-refractivity contribution in [2.45, 2.75) is 6.92 Å². The van der Waals surface area contributed by atoms with Crippen molar-refractivity contribution in [1.82, 2.24) is 20.2 Å². The number of nitrogens with two attached hydrogens (primary N) is 1. The number of aryl methyl sites for hydroxylation is 2. The molecule has 0 bridgehead atoms. The number of rotatable bonds is 1. The molecule has 0 unspecified atom stereocenters. The second-order valence-electron chi connectivity index (χ2n) is 3.17. The number of hydrogen-bond donors (Lipinski definition) is 1. The minimum Gasteiger partial charge on any atom is -0.398 e. The molecule has 0 saturated heterocycles. The highest BCUT2D eigenvalue weighted by molar-refractivity contribution is 5.62. The lowest BCUT2D eigenvalue weighted by molar-refractivity contribution is 0.630. The highest BCUT2D eigenvalue weighted by Gasteiger charge is 2.04. The van der Waals surface area contributed by atoms with Gasteiger partial charge >= 0.3 is 0 Å². The van der Waals surface area contributed by atoms with Gasteiger partial charge in [0.1, 0.15) is 0 Å². The molecule has 1 heterocycles. The summed E-state index contributed by atoms with van der Waals surface area (Å²) in [5, 5.41) is 11.8. The van der Waals surface area contributed by atoms with Crippen LogP contribution in [0.5, 0.6) is 0 Å². The van der Waals surface area contributed by atoms with Crippen LogP contribution in [0.15, 0.2) is 18.2 Å². The molecule has 1 aromatic heterocycles. The first-order valence-corrected chi connectivity index (χ1v) is 4.27. The average molecular weight is 189 g/mol. The Balaban J connectivity index is 2.47. The number of nitrogens with zero attached hydrogens (tertiary/aromatic N) is 4. The van der Waals surface area contributed by atoms with Crippen LogP contribution in [-0.2, 0) is 7.05 Å². The van der Waals surface area contributed by atoms with E-state index < -0.39 is 0 Å². The fourth-order valence-electron chi connectivity index (χ4n) is 1.18. The SMILES string of the molecule is Cc1ccc(-c2nnn(C)n2)cc1N. The Bertz CT molecular complexity index is 460. The van der Waals surface area contributed by atoms with Crippen LogP contribution in [0.1, 0.15) is 5.56 Å². The van der Waals surface area contributed by atoms with Crippen LogP contribution >= 0.6 is 0 Å². The summed E-state index contributed by atoms with van der Waals surface area (Å²) in [5.74, 6) is 0.596. The van der Waals surface area contributed by atoms with E-state index in [1.165, 1.54) is 4.80 Å². The summed E-state index contributed by atoms with van der Waals surface area (Å²) < 4.78 is 0. The van der Waals surface area contributed by atoms with Gasteiger partial charge in [-0.1, -0.05) is 12.1 Å². The van der Waals surface area contributed by atoms with E-state index >= 15 is 0 Å². The van der Waals surface area contributed by atoms with Crippen molar-refractivity contribution < 1.29 is 0 Å². The van der Waals surface area contributed by atoms with Gasteiger partial charge < -0.3 is 5.73 Å². The predicted molar refractivity (Wildman–Crippen MR) is 53.4 cm³/mol. The molecular formula is C9H11N5. The molecule has 5 nitrogen and oxygen atoms in total. The third kappa shape index (κ3) is 1.44. The lowest BCUT2D eigenvalue weighted by atomic mass is 10.1. The highest BCUT2D eigenvalue weighted by atomic mass is 15.6. The molecule has 0 radical (unpaired) electrons. The molecular weight excluding hydrogens is 178 g/mol. The zero-order valence-corrected chi connectivity index (χ0v) is 8.10. The maximum absolute atomic E-state index is 5.78. The van der Waals surface area contributed by atoms with Gasteiger partial charge in [0.2, 0.25) is 5.82 Å². The number of benzene rings is 1. The summed E-state index contributed by atoms with van der Waals surface area (Å²) in [7, 11) is 1.73. The monoisotopic (exact) mass is 189 g/mol. The molecule has 0 spiro atoms. The molecule has 2 N–H and O–H groups in total. The predicted octanol–water partition coefficient (Wildman–Crippen LogP) is 0.768. The van der Waals surface area contributed by atoms with Gasteiger partial charge in [-0.25, -0.2) is 0 Å². The minimum absolute atomic E-state index is 0.596. The second kappa shape index (κ2) is 3.10. The van der Waals surface area contributed by atoms with Crippen LogP contribution in [0.3, 0.4) is 0 Å². The Morgan fingerprint density at radius 1 is 1.36 bits per heavy atom. The van der Waals surface area contributed by atoms with Crippen molar-refractivity contribution in [2.24, 2.45) is 7.05 Å². The van der Waals surface area contributed by atoms with E-state index in [9.17, 15) is 0 Å². The summed E-state index contributed by atoms with van der Waals surface area (Å²) in [4.78, 5) is 1.42. The molecule has 0 fully saturated rings. The molecule has 5 heteroatoms. The summed E-state index contributed by atoms with van der Waals surface area (Å²) >= 11 is 0. The molecule has 72 valence electrons. The highest BCUT2D eigenvalue weighted by Crippen LogP contribution is 2.19. The summed E-state index contributed by atoms with van der Waals surface area (Å²) in [5.41, 5.74) is 8.47. The Morgan fingerprint density at radius 3 is 2.71 bits per heavy atom. The number of tetrazole rings is 1. The molecule has 1 aromatic carbocycles. The van der Waals surface area contributed by atoms with E-state index in [0.717, 1.165) is 16.8 Å². The van der Waals surface area contributed by atoms with Gasteiger partial charge in [0.15, 0.2) is 0 Å². The number of nitrogen functional groups attached to an aromatic ring is 1. The largest absolute Gasteiger partial charge is 0.398 e. The Labute approximate surface area is 81.5 Å². The zero-order chi connectivity index (χ0) is 10.1. The van der Waals surface area contributed by atoms with Crippen LogP contribution in [0.4, 0.5) is 5.69 Å². The number of anilines is 1. The van der Waals surface area contributed by atoms with E-state index in [-0.39, 0.29) is 0 Å². The van der Waals surface area contributed by atoms with Crippen molar-refractivity contribution >= 4 is 5.69 Å². The van der Waals surface area contributed by atoms with Gasteiger partial charge in [-0.15, -0.1) is 10.2 Å². The van der Waals surface area contributed by atoms with Crippen molar-refractivity contribution in [3.05, 3.63) is 23.8 Å². The molecule has 0 aliphatic rings. The molecule has 0 aliphatic carbocycles. The third-order valence-electron chi connectivity index (χ3n) is 2.05. The third-order valence-corrected chi connectivity index (χ3v) is 2.05. The van der Waals surface area contributed by atoms with Gasteiger partial charge in [0, 0.05) is 11.3 Å². The Hall–Kier alpha value is -1.91. The topological polar surface area (TPSA) is 69.6 Å². The second-order valence-corrected chi connectivity index (χ2v) is 3.17. The lowest BCUT2D eigenvalue weighted by Gasteiger charge is -2.00. The van der Waals surface area contributed by atoms with Gasteiger partial charge in [0.05, 0.1) is 7.05 Å². The van der Waals surface area contributed by atoms with Crippen LogP contribution in [0.2, 0.25) is 0 Å². The minimum atomic E-state index is 0.596. The van der Waals surface area contributed by atoms with E-state index in [4.69, 9.17) is 5.73 Å². The zero-order valence-electron chi connectivity index (χ0n) is 8.10. The van der Waals surface area contributed by atoms with Crippen LogP contribution < -0.4 is 5.73 Å². The lowest BCUT2D eigenvalue weighted by Crippen LogP contribution is -1.93. The van der Waals surface area contributed by atoms with E-state index in [0.29, 0.717) is 5.82 Å². The van der Waals surface area contributed by atoms with Crippen molar-refractivity contribution in [3.8, 4) is 11.4 Å². The summed E-state index contributed by atoms with van der Waals surface area (Å²) in [6.45, 7) is 1.96. The van der Waals surface area contributed by atoms with Crippen molar-refractivity contribution in [3.63, 3.8) is 0 Å². The Kier molecular flexibility index (Phi) is 1.92. The summed E-state index contributed by atoms with van der Waals surface area (Å²) in [6.07, 6.45) is 0. The van der Waals surface area contributed by atoms with E-state index in [1.807, 2.05) is 25.1 Å². The standard InChI is InChI=1S/C9H11N5/c1-6-3-4-7(5-8(6)10)9-11-13-14(2)12-9/h3-5H,10H2,1-2H3. The van der Waals surface area contributed by atoms with Gasteiger partial charge in [-0.3, -0.25) is 0 Å². The molecule has 14 heavy (non-hydrogen) atoms. The number of aromatic nitrogens is 4. The molecule has 0 amide bonds. The molecule has 2 rings (SSSR count). The van der Waals surface area contributed by atoms with E-state index in [2.05, 4.69) is 15.4 Å². The normalized spacial score (nSPS) is 10.4. The average Bonchev–Trinajstić information content (AvgIpc) is 2.57. The van der Waals surface area contributed by atoms with Gasteiger partial charge in [0.25, 0.3) is 0 Å². The van der Waals surface area contributed by atoms with Gasteiger partial charge in [-0.05, 0) is 23.8 Å².